The van der Waals surface area contributed by atoms with Gasteiger partial charge >= 0.3 is 0 Å². The van der Waals surface area contributed by atoms with Crippen molar-refractivity contribution in [3.05, 3.63) is 5.82 Å². The summed E-state index contributed by atoms with van der Waals surface area (Å²) in [6.07, 6.45) is 0.498. The molecule has 0 saturated heterocycles. The number of hydrogen-bond donors (Lipinski definition) is 0. The predicted molar refractivity (Wildman–Crippen MR) is 56.4 cm³/mol. The minimum absolute atomic E-state index is 0.0238. The van der Waals surface area contributed by atoms with Crippen LogP contribution in [0.1, 0.15) is 44.7 Å². The topological polar surface area (TPSA) is 60.7 Å². The lowest BCUT2D eigenvalue weighted by Gasteiger charge is -2.07. The summed E-state index contributed by atoms with van der Waals surface area (Å²) in [5.74, 6) is 1.17. The van der Waals surface area contributed by atoms with Gasteiger partial charge in [-0.2, -0.15) is 0 Å². The van der Waals surface area contributed by atoms with Gasteiger partial charge in [0.05, 0.1) is 0 Å². The summed E-state index contributed by atoms with van der Waals surface area (Å²) in [6.45, 7) is 8.84. The fourth-order valence-electron chi connectivity index (χ4n) is 1.34. The largest absolute Gasteiger partial charge is 0.291 e. The third-order valence-electron chi connectivity index (χ3n) is 1.91. The molecule has 0 bridgehead atoms. The Morgan fingerprint density at radius 1 is 1.27 bits per heavy atom. The van der Waals surface area contributed by atoms with Crippen molar-refractivity contribution in [3.63, 3.8) is 0 Å². The molecule has 0 fully saturated rings. The molecular formula is C10H18N4O. The molecule has 0 spiro atoms. The Labute approximate surface area is 89.9 Å². The molecular weight excluding hydrogens is 192 g/mol. The van der Waals surface area contributed by atoms with Gasteiger partial charge in [-0.25, -0.2) is 4.68 Å². The monoisotopic (exact) mass is 210 g/mol. The van der Waals surface area contributed by atoms with Crippen LogP contribution in [0.4, 0.5) is 0 Å². The zero-order chi connectivity index (χ0) is 11.4. The molecule has 0 aromatic carbocycles. The number of aromatic nitrogens is 4. The lowest BCUT2D eigenvalue weighted by atomic mass is 10.1. The Bertz CT molecular complexity index is 330. The van der Waals surface area contributed by atoms with Crippen LogP contribution in [0, 0.1) is 11.8 Å². The SMILES string of the molecule is CC(C)CC(=O)c1nnnn1CC(C)C. The van der Waals surface area contributed by atoms with E-state index < -0.39 is 0 Å². The van der Waals surface area contributed by atoms with Gasteiger partial charge in [0, 0.05) is 13.0 Å². The second-order valence-corrected chi connectivity index (χ2v) is 4.60. The first-order chi connectivity index (χ1) is 7.00. The number of Topliss-reactive ketones (excluding diaryl/α,β-unsaturated/α-hetero) is 1. The highest BCUT2D eigenvalue weighted by molar-refractivity contribution is 5.92. The minimum Gasteiger partial charge on any atom is -0.291 e. The van der Waals surface area contributed by atoms with Gasteiger partial charge in [-0.1, -0.05) is 27.7 Å². The van der Waals surface area contributed by atoms with Gasteiger partial charge in [0.15, 0.2) is 0 Å². The molecule has 0 atom stereocenters. The van der Waals surface area contributed by atoms with Crippen LogP contribution in [0.25, 0.3) is 0 Å². The maximum Gasteiger partial charge on any atom is 0.218 e. The predicted octanol–water partition coefficient (Wildman–Crippen LogP) is 1.56. The van der Waals surface area contributed by atoms with Crippen molar-refractivity contribution < 1.29 is 4.79 Å². The lowest BCUT2D eigenvalue weighted by Crippen LogP contribution is -2.16. The summed E-state index contributed by atoms with van der Waals surface area (Å²) in [5.41, 5.74) is 0. The van der Waals surface area contributed by atoms with Gasteiger partial charge in [-0.15, -0.1) is 5.10 Å². The first-order valence-electron chi connectivity index (χ1n) is 5.30. The van der Waals surface area contributed by atoms with E-state index in [1.807, 2.05) is 13.8 Å². The molecule has 0 unspecified atom stereocenters. The molecule has 0 radical (unpaired) electrons. The molecule has 0 aliphatic heterocycles. The van der Waals surface area contributed by atoms with E-state index in [9.17, 15) is 4.79 Å². The molecule has 0 amide bonds. The third-order valence-corrected chi connectivity index (χ3v) is 1.91. The van der Waals surface area contributed by atoms with Crippen molar-refractivity contribution in [1.82, 2.24) is 20.2 Å². The molecule has 1 aromatic heterocycles. The maximum atomic E-state index is 11.8. The molecule has 1 aromatic rings. The van der Waals surface area contributed by atoms with Crippen molar-refractivity contribution in [2.45, 2.75) is 40.7 Å². The number of carbonyl (C=O) groups is 1. The summed E-state index contributed by atoms with van der Waals surface area (Å²) < 4.78 is 1.59. The average molecular weight is 210 g/mol. The fourth-order valence-corrected chi connectivity index (χ4v) is 1.34. The molecule has 1 rings (SSSR count). The number of nitrogens with zero attached hydrogens (tertiary/aromatic N) is 4. The van der Waals surface area contributed by atoms with E-state index in [0.29, 0.717) is 30.6 Å². The van der Waals surface area contributed by atoms with E-state index in [-0.39, 0.29) is 5.78 Å². The molecule has 15 heavy (non-hydrogen) atoms. The van der Waals surface area contributed by atoms with Crippen molar-refractivity contribution in [3.8, 4) is 0 Å². The van der Waals surface area contributed by atoms with E-state index >= 15 is 0 Å². The van der Waals surface area contributed by atoms with Crippen LogP contribution in [0.2, 0.25) is 0 Å². The second kappa shape index (κ2) is 5.00. The minimum atomic E-state index is 0.0238. The number of tetrazole rings is 1. The van der Waals surface area contributed by atoms with Gasteiger partial charge in [0.1, 0.15) is 0 Å². The van der Waals surface area contributed by atoms with Crippen molar-refractivity contribution in [2.24, 2.45) is 11.8 Å². The molecule has 84 valence electrons. The Morgan fingerprint density at radius 2 is 1.93 bits per heavy atom. The van der Waals surface area contributed by atoms with Crippen LogP contribution in [0.15, 0.2) is 0 Å². The molecule has 1 heterocycles. The normalized spacial score (nSPS) is 11.3. The van der Waals surface area contributed by atoms with Gasteiger partial charge in [-0.3, -0.25) is 4.79 Å². The molecule has 0 aliphatic rings. The van der Waals surface area contributed by atoms with Crippen LogP contribution < -0.4 is 0 Å². The summed E-state index contributed by atoms with van der Waals surface area (Å²) in [6, 6.07) is 0. The Morgan fingerprint density at radius 3 is 2.47 bits per heavy atom. The average Bonchev–Trinajstić information content (AvgIpc) is 2.49. The molecule has 0 saturated carbocycles. The van der Waals surface area contributed by atoms with Crippen molar-refractivity contribution in [2.75, 3.05) is 0 Å². The van der Waals surface area contributed by atoms with Crippen LogP contribution in [0.5, 0.6) is 0 Å². The van der Waals surface area contributed by atoms with E-state index in [0.717, 1.165) is 0 Å². The van der Waals surface area contributed by atoms with Gasteiger partial charge in [0.2, 0.25) is 11.6 Å². The van der Waals surface area contributed by atoms with E-state index in [2.05, 4.69) is 29.4 Å². The van der Waals surface area contributed by atoms with Crippen LogP contribution >= 0.6 is 0 Å². The summed E-state index contributed by atoms with van der Waals surface area (Å²) >= 11 is 0. The summed E-state index contributed by atoms with van der Waals surface area (Å²) in [7, 11) is 0. The molecule has 0 aliphatic carbocycles. The standard InChI is InChI=1S/C10H18N4O/c1-7(2)5-9(15)10-11-12-13-14(10)6-8(3)4/h7-8H,5-6H2,1-4H3. The summed E-state index contributed by atoms with van der Waals surface area (Å²) in [5, 5.41) is 11.1. The Balaban J connectivity index is 2.76. The van der Waals surface area contributed by atoms with Gasteiger partial charge < -0.3 is 0 Å². The highest BCUT2D eigenvalue weighted by atomic mass is 16.1. The zero-order valence-electron chi connectivity index (χ0n) is 9.77. The van der Waals surface area contributed by atoms with E-state index in [1.165, 1.54) is 0 Å². The first-order valence-corrected chi connectivity index (χ1v) is 5.30. The second-order valence-electron chi connectivity index (χ2n) is 4.60. The third kappa shape index (κ3) is 3.42. The Hall–Kier alpha value is -1.26. The van der Waals surface area contributed by atoms with Crippen LogP contribution in [-0.4, -0.2) is 26.0 Å². The Kier molecular flexibility index (Phi) is 3.94. The van der Waals surface area contributed by atoms with Crippen LogP contribution in [-0.2, 0) is 6.54 Å². The number of hydrogen-bond acceptors (Lipinski definition) is 4. The highest BCUT2D eigenvalue weighted by Gasteiger charge is 2.16. The van der Waals surface area contributed by atoms with Crippen LogP contribution in [0.3, 0.4) is 0 Å². The fraction of sp³-hybridized carbons (Fsp3) is 0.800. The highest BCUT2D eigenvalue weighted by Crippen LogP contribution is 2.07. The number of carbonyl (C=O) groups excluding carboxylic acids is 1. The lowest BCUT2D eigenvalue weighted by molar-refractivity contribution is 0.0951. The first kappa shape index (κ1) is 11.8. The number of ketones is 1. The van der Waals surface area contributed by atoms with Gasteiger partial charge in [-0.05, 0) is 22.3 Å². The van der Waals surface area contributed by atoms with Crippen molar-refractivity contribution in [1.29, 1.82) is 0 Å². The molecule has 5 heteroatoms. The molecule has 5 nitrogen and oxygen atoms in total. The zero-order valence-corrected chi connectivity index (χ0v) is 9.77. The molecule has 0 N–H and O–H groups in total. The van der Waals surface area contributed by atoms with E-state index in [1.54, 1.807) is 4.68 Å². The summed E-state index contributed by atoms with van der Waals surface area (Å²) in [4.78, 5) is 11.8. The quantitative estimate of drug-likeness (QED) is 0.692. The van der Waals surface area contributed by atoms with E-state index in [4.69, 9.17) is 0 Å². The number of rotatable bonds is 5. The maximum absolute atomic E-state index is 11.8. The van der Waals surface area contributed by atoms with Gasteiger partial charge in [0.25, 0.3) is 0 Å². The smallest absolute Gasteiger partial charge is 0.218 e. The van der Waals surface area contributed by atoms with Crippen molar-refractivity contribution >= 4 is 5.78 Å².